The lowest BCUT2D eigenvalue weighted by Crippen LogP contribution is -2.56. The van der Waals surface area contributed by atoms with Gasteiger partial charge in [0.1, 0.15) is 0 Å². The molecule has 0 N–H and O–H groups in total. The Bertz CT molecular complexity index is 1570. The number of hydrogen-bond donors (Lipinski definition) is 0. The van der Waals surface area contributed by atoms with Crippen molar-refractivity contribution in [2.24, 2.45) is 10.8 Å². The lowest BCUT2D eigenvalue weighted by molar-refractivity contribution is 0.0416. The predicted molar refractivity (Wildman–Crippen MR) is 224 cm³/mol. The largest absolute Gasteiger partial charge is 0.493 e. The number of rotatable bonds is 7. The summed E-state index contributed by atoms with van der Waals surface area (Å²) in [5.41, 5.74) is 8.42. The summed E-state index contributed by atoms with van der Waals surface area (Å²) in [5, 5.41) is 0. The molecule has 7 atom stereocenters. The molecule has 4 aliphatic heterocycles. The third-order valence-electron chi connectivity index (χ3n) is 11.4. The number of fused-ring (bicyclic) bond motifs is 2. The van der Waals surface area contributed by atoms with Crippen LogP contribution in [0.3, 0.4) is 0 Å². The van der Waals surface area contributed by atoms with Crippen molar-refractivity contribution in [1.82, 2.24) is 0 Å². The van der Waals surface area contributed by atoms with Gasteiger partial charge in [-0.1, -0.05) is 114 Å². The fourth-order valence-electron chi connectivity index (χ4n) is 8.47. The second kappa shape index (κ2) is 18.0. The van der Waals surface area contributed by atoms with Crippen LogP contribution in [0.4, 0.5) is 0 Å². The van der Waals surface area contributed by atoms with Crippen molar-refractivity contribution in [3.05, 3.63) is 106 Å². The zero-order valence-electron chi connectivity index (χ0n) is 34.3. The predicted octanol–water partition coefficient (Wildman–Crippen LogP) is 12.2. The molecule has 0 aliphatic carbocycles. The first-order valence-electron chi connectivity index (χ1n) is 20.0. The minimum absolute atomic E-state index is 0.146. The van der Waals surface area contributed by atoms with E-state index in [0.29, 0.717) is 29.7 Å². The van der Waals surface area contributed by atoms with Crippen molar-refractivity contribution < 1.29 is 21.8 Å². The van der Waals surface area contributed by atoms with Crippen LogP contribution in [0.1, 0.15) is 139 Å². The van der Waals surface area contributed by atoms with Crippen LogP contribution in [0.15, 0.2) is 72.8 Å². The molecule has 292 valence electrons. The molecule has 0 saturated carbocycles. The molecular formula is C45H67ClO5Si2. The average Bonchev–Trinajstić information content (AvgIpc) is 3.22. The SMILES string of the molecule is CO[Si]12CCCc3ccc(cc3)C(CC(C)(C)C)CC(C(CC(C)(C)C)c3ccc(CCl)cc3)c3ccc(cc3)CCC[Si](OC)(OC(C)C(C)O1)O2. The van der Waals surface area contributed by atoms with Crippen molar-refractivity contribution in [2.45, 2.75) is 148 Å². The fraction of sp³-hybridized carbons (Fsp3) is 0.600. The first-order chi connectivity index (χ1) is 25.1. The topological polar surface area (TPSA) is 46.2 Å². The Balaban J connectivity index is 1.59. The molecule has 0 amide bonds. The summed E-state index contributed by atoms with van der Waals surface area (Å²) in [6.45, 7) is 18.5. The Morgan fingerprint density at radius 1 is 0.698 bits per heavy atom. The Morgan fingerprint density at radius 2 is 1.19 bits per heavy atom. The van der Waals surface area contributed by atoms with Crippen molar-refractivity contribution in [3.63, 3.8) is 0 Å². The highest BCUT2D eigenvalue weighted by molar-refractivity contribution is 6.75. The van der Waals surface area contributed by atoms with Crippen LogP contribution in [0.5, 0.6) is 0 Å². The normalized spacial score (nSPS) is 28.4. The molecule has 4 heterocycles. The van der Waals surface area contributed by atoms with Crippen LogP contribution in [0.25, 0.3) is 0 Å². The smallest absolute Gasteiger partial charge is 0.377 e. The highest BCUT2D eigenvalue weighted by atomic mass is 35.5. The van der Waals surface area contributed by atoms with Gasteiger partial charge in [0.05, 0.1) is 12.2 Å². The van der Waals surface area contributed by atoms with Crippen molar-refractivity contribution in [2.75, 3.05) is 14.2 Å². The summed E-state index contributed by atoms with van der Waals surface area (Å²) in [6.07, 6.45) is 6.67. The monoisotopic (exact) mass is 778 g/mol. The molecular weight excluding hydrogens is 712 g/mol. The van der Waals surface area contributed by atoms with Gasteiger partial charge in [-0.15, -0.1) is 11.6 Å². The molecule has 0 aromatic heterocycles. The van der Waals surface area contributed by atoms with Gasteiger partial charge in [0.25, 0.3) is 0 Å². The van der Waals surface area contributed by atoms with Crippen LogP contribution >= 0.6 is 11.6 Å². The quantitative estimate of drug-likeness (QED) is 0.177. The van der Waals surface area contributed by atoms with E-state index in [9.17, 15) is 0 Å². The molecule has 0 spiro atoms. The molecule has 1 saturated heterocycles. The van der Waals surface area contributed by atoms with E-state index in [4.69, 9.17) is 33.4 Å². The van der Waals surface area contributed by atoms with Crippen LogP contribution < -0.4 is 0 Å². The maximum atomic E-state index is 6.95. The minimum atomic E-state index is -3.08. The number of aryl methyl sites for hydroxylation is 2. The van der Waals surface area contributed by atoms with Crippen LogP contribution in [0.2, 0.25) is 12.1 Å². The molecule has 53 heavy (non-hydrogen) atoms. The maximum absolute atomic E-state index is 6.95. The molecule has 0 radical (unpaired) electrons. The van der Waals surface area contributed by atoms with Gasteiger partial charge in [-0.3, -0.25) is 0 Å². The summed E-state index contributed by atoms with van der Waals surface area (Å²) in [6, 6.07) is 29.6. The number of alkyl halides is 1. The van der Waals surface area contributed by atoms with Crippen LogP contribution in [-0.2, 0) is 40.5 Å². The third-order valence-corrected chi connectivity index (χ3v) is 18.8. The Labute approximate surface area is 329 Å². The second-order valence-corrected chi connectivity index (χ2v) is 24.4. The molecule has 3 aromatic carbocycles. The van der Waals surface area contributed by atoms with E-state index in [0.717, 1.165) is 51.0 Å². The van der Waals surface area contributed by atoms with Crippen molar-refractivity contribution in [3.8, 4) is 0 Å². The summed E-state index contributed by atoms with van der Waals surface area (Å²) in [5.74, 6) is 1.65. The third kappa shape index (κ3) is 11.6. The molecule has 3 aromatic rings. The molecule has 5 nitrogen and oxygen atoms in total. The standard InChI is InChI=1S/C45H67ClO5Si2/c1-33-34(2)50-53(48-10)28-12-14-36-17-23-39(24-18-36)42(43(31-45(6,7)8)40-25-19-37(32-46)20-26-40)29-41(30-44(3,4)5)38-21-15-35(16-22-38)13-11-27-52(47-9,49-33)51-53/h15-26,33-34,41-43H,11-14,27-32H2,1-10H3. The highest BCUT2D eigenvalue weighted by Gasteiger charge is 2.57. The van der Waals surface area contributed by atoms with Crippen LogP contribution in [0, 0.1) is 10.8 Å². The number of hydrogen-bond acceptors (Lipinski definition) is 5. The van der Waals surface area contributed by atoms with Gasteiger partial charge in [-0.05, 0) is 121 Å². The molecule has 7 rings (SSSR count). The lowest BCUT2D eigenvalue weighted by atomic mass is 9.67. The van der Waals surface area contributed by atoms with Gasteiger partial charge in [0.2, 0.25) is 0 Å². The Morgan fingerprint density at radius 3 is 1.62 bits per heavy atom. The molecule has 6 bridgehead atoms. The first-order valence-corrected chi connectivity index (χ1v) is 24.4. The van der Waals surface area contributed by atoms with E-state index < -0.39 is 17.6 Å². The van der Waals surface area contributed by atoms with Gasteiger partial charge >= 0.3 is 17.6 Å². The summed E-state index contributed by atoms with van der Waals surface area (Å²) >= 11 is 6.27. The van der Waals surface area contributed by atoms with E-state index in [-0.39, 0.29) is 23.0 Å². The van der Waals surface area contributed by atoms with Gasteiger partial charge in [-0.2, -0.15) is 0 Å². The summed E-state index contributed by atoms with van der Waals surface area (Å²) < 4.78 is 32.7. The average molecular weight is 780 g/mol. The van der Waals surface area contributed by atoms with Crippen molar-refractivity contribution in [1.29, 1.82) is 0 Å². The maximum Gasteiger partial charge on any atom is 0.493 e. The zero-order valence-corrected chi connectivity index (χ0v) is 37.1. The Hall–Kier alpha value is -1.82. The van der Waals surface area contributed by atoms with E-state index >= 15 is 0 Å². The van der Waals surface area contributed by atoms with Crippen molar-refractivity contribution >= 4 is 29.2 Å². The number of benzene rings is 3. The van der Waals surface area contributed by atoms with E-state index in [2.05, 4.69) is 128 Å². The summed E-state index contributed by atoms with van der Waals surface area (Å²) in [4.78, 5) is 0. The van der Waals surface area contributed by atoms with Crippen LogP contribution in [-0.4, -0.2) is 44.0 Å². The molecule has 4 aliphatic rings. The second-order valence-electron chi connectivity index (χ2n) is 18.3. The molecule has 1 fully saturated rings. The van der Waals surface area contributed by atoms with Gasteiger partial charge < -0.3 is 21.8 Å². The fourth-order valence-corrected chi connectivity index (χ4v) is 16.0. The highest BCUT2D eigenvalue weighted by Crippen LogP contribution is 2.48. The van der Waals surface area contributed by atoms with E-state index in [1.165, 1.54) is 33.4 Å². The minimum Gasteiger partial charge on any atom is -0.377 e. The van der Waals surface area contributed by atoms with Gasteiger partial charge in [0.15, 0.2) is 0 Å². The van der Waals surface area contributed by atoms with Gasteiger partial charge in [0, 0.05) is 32.2 Å². The van der Waals surface area contributed by atoms with E-state index in [1.54, 1.807) is 14.2 Å². The number of halogens is 1. The first kappa shape index (κ1) is 42.3. The lowest BCUT2D eigenvalue weighted by Gasteiger charge is -2.37. The zero-order chi connectivity index (χ0) is 38.4. The van der Waals surface area contributed by atoms with E-state index in [1.807, 2.05) is 0 Å². The van der Waals surface area contributed by atoms with Gasteiger partial charge in [-0.25, -0.2) is 0 Å². The Kier molecular flexibility index (Phi) is 14.4. The molecule has 7 unspecified atom stereocenters. The summed E-state index contributed by atoms with van der Waals surface area (Å²) in [7, 11) is -2.68. The molecule has 8 heteroatoms.